The molecule has 2 heterocycles. The molecule has 6 heteroatoms. The number of furan rings is 1. The van der Waals surface area contributed by atoms with Gasteiger partial charge in [0.15, 0.2) is 10.4 Å². The number of benzene rings is 1. The van der Waals surface area contributed by atoms with Crippen LogP contribution in [0, 0.1) is 0 Å². The average molecular weight is 406 g/mol. The molecule has 0 atom stereocenters. The van der Waals surface area contributed by atoms with Crippen LogP contribution in [0.4, 0.5) is 0 Å². The van der Waals surface area contributed by atoms with Gasteiger partial charge in [0.25, 0.3) is 5.91 Å². The molecular formula is C19H24BrN3O2. The normalized spacial score (nSPS) is 16.1. The molecule has 1 aliphatic heterocycles. The first-order chi connectivity index (χ1) is 12.1. The number of hydrogen-bond acceptors (Lipinski definition) is 4. The molecule has 25 heavy (non-hydrogen) atoms. The van der Waals surface area contributed by atoms with Gasteiger partial charge in [0.2, 0.25) is 0 Å². The lowest BCUT2D eigenvalue weighted by molar-refractivity contribution is 0.0922. The van der Waals surface area contributed by atoms with Gasteiger partial charge in [-0.2, -0.15) is 0 Å². The number of piperazine rings is 1. The van der Waals surface area contributed by atoms with E-state index in [1.54, 1.807) is 12.1 Å². The number of halogens is 1. The Morgan fingerprint density at radius 2 is 1.68 bits per heavy atom. The molecule has 1 fully saturated rings. The minimum atomic E-state index is -0.205. The molecule has 0 saturated carbocycles. The molecule has 2 aromatic rings. The second-order valence-corrected chi connectivity index (χ2v) is 7.09. The molecule has 0 bridgehead atoms. The molecule has 1 aliphatic rings. The highest BCUT2D eigenvalue weighted by molar-refractivity contribution is 9.10. The van der Waals surface area contributed by atoms with Crippen LogP contribution in [-0.2, 0) is 13.1 Å². The summed E-state index contributed by atoms with van der Waals surface area (Å²) in [6, 6.07) is 11.8. The van der Waals surface area contributed by atoms with Gasteiger partial charge in [-0.25, -0.2) is 0 Å². The Morgan fingerprint density at radius 3 is 2.28 bits per heavy atom. The Bertz CT molecular complexity index is 691. The van der Waals surface area contributed by atoms with Crippen LogP contribution < -0.4 is 5.32 Å². The van der Waals surface area contributed by atoms with Crippen molar-refractivity contribution < 1.29 is 9.21 Å². The van der Waals surface area contributed by atoms with E-state index < -0.39 is 0 Å². The maximum Gasteiger partial charge on any atom is 0.287 e. The average Bonchev–Trinajstić information content (AvgIpc) is 3.08. The molecule has 1 N–H and O–H groups in total. The summed E-state index contributed by atoms with van der Waals surface area (Å²) in [5, 5.41) is 2.87. The van der Waals surface area contributed by atoms with Crippen LogP contribution in [0.25, 0.3) is 0 Å². The molecule has 5 nitrogen and oxygen atoms in total. The van der Waals surface area contributed by atoms with Crippen LogP contribution >= 0.6 is 15.9 Å². The summed E-state index contributed by atoms with van der Waals surface area (Å²) in [7, 11) is 0. The van der Waals surface area contributed by atoms with E-state index in [1.807, 2.05) is 0 Å². The summed E-state index contributed by atoms with van der Waals surface area (Å²) >= 11 is 3.20. The predicted octanol–water partition coefficient (Wildman–Crippen LogP) is 3.11. The molecule has 0 radical (unpaired) electrons. The Balaban J connectivity index is 1.46. The zero-order valence-electron chi connectivity index (χ0n) is 14.5. The van der Waals surface area contributed by atoms with E-state index in [-0.39, 0.29) is 5.91 Å². The van der Waals surface area contributed by atoms with Crippen molar-refractivity contribution in [3.63, 3.8) is 0 Å². The Hall–Kier alpha value is -1.63. The number of carbonyl (C=O) groups excluding carboxylic acids is 1. The van der Waals surface area contributed by atoms with Gasteiger partial charge in [-0.05, 0) is 45.7 Å². The van der Waals surface area contributed by atoms with Crippen molar-refractivity contribution in [1.29, 1.82) is 0 Å². The van der Waals surface area contributed by atoms with Gasteiger partial charge in [0.05, 0.1) is 0 Å². The summed E-state index contributed by atoms with van der Waals surface area (Å²) < 4.78 is 5.81. The smallest absolute Gasteiger partial charge is 0.287 e. The molecule has 1 aromatic heterocycles. The lowest BCUT2D eigenvalue weighted by Crippen LogP contribution is -2.45. The van der Waals surface area contributed by atoms with Crippen molar-refractivity contribution in [2.75, 3.05) is 32.7 Å². The Kier molecular flexibility index (Phi) is 6.29. The number of rotatable bonds is 6. The molecule has 1 amide bonds. The zero-order chi connectivity index (χ0) is 17.6. The quantitative estimate of drug-likeness (QED) is 0.801. The molecule has 0 aliphatic carbocycles. The first-order valence-corrected chi connectivity index (χ1v) is 9.49. The fourth-order valence-corrected chi connectivity index (χ4v) is 3.30. The van der Waals surface area contributed by atoms with Gasteiger partial charge in [-0.1, -0.05) is 31.2 Å². The molecule has 0 spiro atoms. The van der Waals surface area contributed by atoms with E-state index in [1.165, 1.54) is 5.56 Å². The monoisotopic (exact) mass is 405 g/mol. The molecule has 3 rings (SSSR count). The van der Waals surface area contributed by atoms with Gasteiger partial charge < -0.3 is 14.6 Å². The van der Waals surface area contributed by atoms with Crippen LogP contribution in [-0.4, -0.2) is 48.4 Å². The fourth-order valence-electron chi connectivity index (χ4n) is 2.99. The van der Waals surface area contributed by atoms with E-state index in [4.69, 9.17) is 4.42 Å². The number of amides is 1. The summed E-state index contributed by atoms with van der Waals surface area (Å²) in [5.41, 5.74) is 2.40. The van der Waals surface area contributed by atoms with Gasteiger partial charge in [0, 0.05) is 39.3 Å². The second kappa shape index (κ2) is 8.65. The summed E-state index contributed by atoms with van der Waals surface area (Å²) in [6.07, 6.45) is 0. The number of hydrogen-bond donors (Lipinski definition) is 1. The highest BCUT2D eigenvalue weighted by Gasteiger charge is 2.15. The van der Waals surface area contributed by atoms with Crippen molar-refractivity contribution >= 4 is 21.8 Å². The van der Waals surface area contributed by atoms with Crippen LogP contribution in [0.2, 0.25) is 0 Å². The van der Waals surface area contributed by atoms with Gasteiger partial charge in [-0.3, -0.25) is 9.69 Å². The summed E-state index contributed by atoms with van der Waals surface area (Å²) in [4.78, 5) is 17.0. The standard InChI is InChI=1S/C19H24BrN3O2/c1-2-22-9-11-23(12-10-22)14-16-5-3-15(4-6-16)13-21-19(24)17-7-8-18(20)25-17/h3-8H,2,9-14H2,1H3,(H,21,24). The van der Waals surface area contributed by atoms with Crippen molar-refractivity contribution in [3.8, 4) is 0 Å². The minimum absolute atomic E-state index is 0.205. The maximum atomic E-state index is 12.0. The van der Waals surface area contributed by atoms with Gasteiger partial charge in [0.1, 0.15) is 0 Å². The highest BCUT2D eigenvalue weighted by atomic mass is 79.9. The van der Waals surface area contributed by atoms with Crippen LogP contribution in [0.15, 0.2) is 45.5 Å². The van der Waals surface area contributed by atoms with Crippen LogP contribution in [0.5, 0.6) is 0 Å². The summed E-state index contributed by atoms with van der Waals surface area (Å²) in [5.74, 6) is 0.110. The zero-order valence-corrected chi connectivity index (χ0v) is 16.1. The second-order valence-electron chi connectivity index (χ2n) is 6.31. The van der Waals surface area contributed by atoms with Crippen LogP contribution in [0.1, 0.15) is 28.6 Å². The third kappa shape index (κ3) is 5.17. The third-order valence-electron chi connectivity index (χ3n) is 4.59. The number of carbonyl (C=O) groups is 1. The fraction of sp³-hybridized carbons (Fsp3) is 0.421. The SMILES string of the molecule is CCN1CCN(Cc2ccc(CNC(=O)c3ccc(Br)o3)cc2)CC1. The first-order valence-electron chi connectivity index (χ1n) is 8.70. The molecule has 134 valence electrons. The number of nitrogens with zero attached hydrogens (tertiary/aromatic N) is 2. The van der Waals surface area contributed by atoms with E-state index in [0.29, 0.717) is 17.0 Å². The molecule has 0 unspecified atom stereocenters. The van der Waals surface area contributed by atoms with Crippen LogP contribution in [0.3, 0.4) is 0 Å². The largest absolute Gasteiger partial charge is 0.444 e. The lowest BCUT2D eigenvalue weighted by atomic mass is 10.1. The van der Waals surface area contributed by atoms with E-state index >= 15 is 0 Å². The van der Waals surface area contributed by atoms with E-state index in [0.717, 1.165) is 44.8 Å². The van der Waals surface area contributed by atoms with Crippen molar-refractivity contribution in [2.45, 2.75) is 20.0 Å². The predicted molar refractivity (Wildman–Crippen MR) is 101 cm³/mol. The minimum Gasteiger partial charge on any atom is -0.444 e. The van der Waals surface area contributed by atoms with E-state index in [9.17, 15) is 4.79 Å². The third-order valence-corrected chi connectivity index (χ3v) is 5.02. The topological polar surface area (TPSA) is 48.7 Å². The highest BCUT2D eigenvalue weighted by Crippen LogP contribution is 2.14. The van der Waals surface area contributed by atoms with Crippen molar-refractivity contribution in [3.05, 3.63) is 58.0 Å². The van der Waals surface area contributed by atoms with Gasteiger partial charge >= 0.3 is 0 Å². The molecular weight excluding hydrogens is 382 g/mol. The van der Waals surface area contributed by atoms with E-state index in [2.05, 4.69) is 62.2 Å². The molecule has 1 saturated heterocycles. The lowest BCUT2D eigenvalue weighted by Gasteiger charge is -2.34. The number of likely N-dealkylation sites (N-methyl/N-ethyl adjacent to an activating group) is 1. The van der Waals surface area contributed by atoms with Crippen molar-refractivity contribution in [2.24, 2.45) is 0 Å². The van der Waals surface area contributed by atoms with Crippen molar-refractivity contribution in [1.82, 2.24) is 15.1 Å². The molecule has 1 aromatic carbocycles. The first kappa shape index (κ1) is 18.2. The van der Waals surface area contributed by atoms with Gasteiger partial charge in [-0.15, -0.1) is 0 Å². The Morgan fingerprint density at radius 1 is 1.04 bits per heavy atom. The maximum absolute atomic E-state index is 12.0. The Labute approximate surface area is 157 Å². The summed E-state index contributed by atoms with van der Waals surface area (Å²) in [6.45, 7) is 9.42. The number of nitrogens with one attached hydrogen (secondary N) is 1.